The van der Waals surface area contributed by atoms with Crippen LogP contribution < -0.4 is 5.73 Å². The molecule has 0 aromatic carbocycles. The smallest absolute Gasteiger partial charge is 0.104 e. The maximum absolute atomic E-state index is 8.74. The average molecular weight is 201 g/mol. The summed E-state index contributed by atoms with van der Waals surface area (Å²) >= 11 is 1.41. The first kappa shape index (κ1) is 8.73. The van der Waals surface area contributed by atoms with Crippen molar-refractivity contribution in [1.82, 2.24) is 4.98 Å². The fourth-order valence-electron chi connectivity index (χ4n) is 1.14. The van der Waals surface area contributed by atoms with E-state index in [1.54, 1.807) is 18.5 Å². The van der Waals surface area contributed by atoms with E-state index in [4.69, 9.17) is 11.0 Å². The summed E-state index contributed by atoms with van der Waals surface area (Å²) in [5.74, 6) is 0. The monoisotopic (exact) mass is 201 g/mol. The van der Waals surface area contributed by atoms with Gasteiger partial charge >= 0.3 is 0 Å². The van der Waals surface area contributed by atoms with E-state index in [0.717, 1.165) is 10.4 Å². The number of rotatable bonds is 1. The Balaban J connectivity index is 2.50. The minimum atomic E-state index is 0.536. The normalized spacial score (nSPS) is 9.64. The second-order valence-electron chi connectivity index (χ2n) is 2.74. The Labute approximate surface area is 85.4 Å². The summed E-state index contributed by atoms with van der Waals surface area (Å²) in [7, 11) is 0. The van der Waals surface area contributed by atoms with Crippen LogP contribution >= 0.6 is 11.3 Å². The van der Waals surface area contributed by atoms with Crippen molar-refractivity contribution in [2.75, 3.05) is 5.73 Å². The van der Waals surface area contributed by atoms with E-state index in [2.05, 4.69) is 11.1 Å². The van der Waals surface area contributed by atoms with Crippen molar-refractivity contribution < 1.29 is 0 Å². The van der Waals surface area contributed by atoms with Gasteiger partial charge in [-0.05, 0) is 12.1 Å². The molecule has 68 valence electrons. The number of hydrogen-bond acceptors (Lipinski definition) is 4. The molecule has 2 N–H and O–H groups in total. The lowest BCUT2D eigenvalue weighted by molar-refractivity contribution is 1.33. The first-order chi connectivity index (χ1) is 6.81. The number of anilines is 1. The molecule has 14 heavy (non-hydrogen) atoms. The summed E-state index contributed by atoms with van der Waals surface area (Å²) in [6, 6.07) is 7.64. The van der Waals surface area contributed by atoms with E-state index in [-0.39, 0.29) is 0 Å². The van der Waals surface area contributed by atoms with E-state index in [1.807, 2.05) is 12.1 Å². The third-order valence-corrected chi connectivity index (χ3v) is 2.84. The lowest BCUT2D eigenvalue weighted by Crippen LogP contribution is -1.80. The number of nitrogens with zero attached hydrogens (tertiary/aromatic N) is 2. The molecule has 0 aliphatic rings. The van der Waals surface area contributed by atoms with Crippen LogP contribution in [0, 0.1) is 11.3 Å². The molecular weight excluding hydrogens is 194 g/mol. The van der Waals surface area contributed by atoms with Crippen molar-refractivity contribution in [2.45, 2.75) is 0 Å². The van der Waals surface area contributed by atoms with E-state index >= 15 is 0 Å². The van der Waals surface area contributed by atoms with Crippen molar-refractivity contribution in [3.63, 3.8) is 0 Å². The number of pyridine rings is 1. The van der Waals surface area contributed by atoms with Gasteiger partial charge in [0.05, 0.1) is 5.56 Å². The Morgan fingerprint density at radius 1 is 1.50 bits per heavy atom. The molecule has 0 unspecified atom stereocenters. The van der Waals surface area contributed by atoms with Gasteiger partial charge in [-0.25, -0.2) is 0 Å². The highest BCUT2D eigenvalue weighted by atomic mass is 32.1. The standard InChI is InChI=1S/C10H7N3S/c11-5-8-4-9(14-10(8)12)7-2-1-3-13-6-7/h1-4,6H,12H2. The Bertz CT molecular complexity index is 482. The summed E-state index contributed by atoms with van der Waals surface area (Å²) in [6.07, 6.45) is 3.47. The summed E-state index contributed by atoms with van der Waals surface area (Å²) in [5.41, 5.74) is 7.19. The second kappa shape index (κ2) is 3.48. The molecule has 0 saturated heterocycles. The SMILES string of the molecule is N#Cc1cc(-c2cccnc2)sc1N. The van der Waals surface area contributed by atoms with Crippen molar-refractivity contribution in [1.29, 1.82) is 5.26 Å². The van der Waals surface area contributed by atoms with Crippen molar-refractivity contribution >= 4 is 16.3 Å². The van der Waals surface area contributed by atoms with Crippen LogP contribution in [0.2, 0.25) is 0 Å². The zero-order valence-electron chi connectivity index (χ0n) is 7.27. The first-order valence-electron chi connectivity index (χ1n) is 4.01. The number of nitrogens with two attached hydrogens (primary N) is 1. The molecule has 2 rings (SSSR count). The minimum Gasteiger partial charge on any atom is -0.389 e. The van der Waals surface area contributed by atoms with Gasteiger partial charge in [0.25, 0.3) is 0 Å². The average Bonchev–Trinajstić information content (AvgIpc) is 2.61. The molecule has 0 spiro atoms. The fraction of sp³-hybridized carbons (Fsp3) is 0. The van der Waals surface area contributed by atoms with Crippen LogP contribution in [0.4, 0.5) is 5.00 Å². The third kappa shape index (κ3) is 1.45. The molecule has 2 heterocycles. The van der Waals surface area contributed by atoms with Crippen LogP contribution in [0.15, 0.2) is 30.6 Å². The van der Waals surface area contributed by atoms with Crippen LogP contribution in [0.3, 0.4) is 0 Å². The maximum atomic E-state index is 8.74. The van der Waals surface area contributed by atoms with Crippen LogP contribution in [0.1, 0.15) is 5.56 Å². The Kier molecular flexibility index (Phi) is 2.17. The molecule has 0 amide bonds. The van der Waals surface area contributed by atoms with Gasteiger partial charge in [-0.3, -0.25) is 4.98 Å². The number of thiophene rings is 1. The van der Waals surface area contributed by atoms with Crippen LogP contribution in [-0.4, -0.2) is 4.98 Å². The largest absolute Gasteiger partial charge is 0.389 e. The molecule has 0 saturated carbocycles. The van der Waals surface area contributed by atoms with Gasteiger partial charge in [0.1, 0.15) is 11.1 Å². The van der Waals surface area contributed by atoms with Gasteiger partial charge in [-0.1, -0.05) is 6.07 Å². The van der Waals surface area contributed by atoms with Gasteiger partial charge in [0.2, 0.25) is 0 Å². The molecule has 0 bridgehead atoms. The maximum Gasteiger partial charge on any atom is 0.104 e. The van der Waals surface area contributed by atoms with Crippen molar-refractivity contribution in [3.05, 3.63) is 36.2 Å². The number of aromatic nitrogens is 1. The number of nitrogen functional groups attached to an aromatic ring is 1. The lowest BCUT2D eigenvalue weighted by atomic mass is 10.2. The van der Waals surface area contributed by atoms with Crippen molar-refractivity contribution in [2.24, 2.45) is 0 Å². The van der Waals surface area contributed by atoms with E-state index in [1.165, 1.54) is 11.3 Å². The summed E-state index contributed by atoms with van der Waals surface area (Å²) in [4.78, 5) is 4.99. The molecule has 4 heteroatoms. The zero-order chi connectivity index (χ0) is 9.97. The van der Waals surface area contributed by atoms with E-state index in [0.29, 0.717) is 10.6 Å². The predicted molar refractivity (Wildman–Crippen MR) is 56.7 cm³/mol. The van der Waals surface area contributed by atoms with Gasteiger partial charge in [-0.2, -0.15) is 5.26 Å². The molecule has 2 aromatic rings. The third-order valence-electron chi connectivity index (χ3n) is 1.83. The fourth-order valence-corrected chi connectivity index (χ4v) is 2.01. The highest BCUT2D eigenvalue weighted by Gasteiger charge is 2.06. The topological polar surface area (TPSA) is 62.7 Å². The summed E-state index contributed by atoms with van der Waals surface area (Å²) in [5, 5.41) is 9.30. The van der Waals surface area contributed by atoms with Crippen LogP contribution in [0.25, 0.3) is 10.4 Å². The Morgan fingerprint density at radius 2 is 2.36 bits per heavy atom. The highest BCUT2D eigenvalue weighted by Crippen LogP contribution is 2.32. The Hall–Kier alpha value is -1.86. The van der Waals surface area contributed by atoms with Crippen molar-refractivity contribution in [3.8, 4) is 16.5 Å². The molecule has 3 nitrogen and oxygen atoms in total. The van der Waals surface area contributed by atoms with Gasteiger partial charge < -0.3 is 5.73 Å². The van der Waals surface area contributed by atoms with Gasteiger partial charge in [0.15, 0.2) is 0 Å². The van der Waals surface area contributed by atoms with Gasteiger partial charge in [-0.15, -0.1) is 11.3 Å². The molecule has 0 radical (unpaired) electrons. The second-order valence-corrected chi connectivity index (χ2v) is 3.83. The molecular formula is C10H7N3S. The quantitative estimate of drug-likeness (QED) is 0.769. The first-order valence-corrected chi connectivity index (χ1v) is 4.82. The molecule has 0 aliphatic carbocycles. The van der Waals surface area contributed by atoms with E-state index in [9.17, 15) is 0 Å². The molecule has 0 atom stereocenters. The summed E-state index contributed by atoms with van der Waals surface area (Å²) < 4.78 is 0. The number of nitriles is 1. The molecule has 0 fully saturated rings. The minimum absolute atomic E-state index is 0.536. The lowest BCUT2D eigenvalue weighted by Gasteiger charge is -1.92. The molecule has 2 aromatic heterocycles. The molecule has 0 aliphatic heterocycles. The van der Waals surface area contributed by atoms with Gasteiger partial charge in [0, 0.05) is 22.8 Å². The highest BCUT2D eigenvalue weighted by molar-refractivity contribution is 7.19. The predicted octanol–water partition coefficient (Wildman–Crippen LogP) is 2.26. The van der Waals surface area contributed by atoms with E-state index < -0.39 is 0 Å². The zero-order valence-corrected chi connectivity index (χ0v) is 8.08. The Morgan fingerprint density at radius 3 is 2.93 bits per heavy atom. The van der Waals surface area contributed by atoms with Crippen LogP contribution in [-0.2, 0) is 0 Å². The number of hydrogen-bond donors (Lipinski definition) is 1. The van der Waals surface area contributed by atoms with Crippen LogP contribution in [0.5, 0.6) is 0 Å². The summed E-state index contributed by atoms with van der Waals surface area (Å²) in [6.45, 7) is 0.